The van der Waals surface area contributed by atoms with Crippen LogP contribution in [0, 0.1) is 0 Å². The zero-order valence-electron chi connectivity index (χ0n) is 14.1. The van der Waals surface area contributed by atoms with Gasteiger partial charge < -0.3 is 20.0 Å². The first-order chi connectivity index (χ1) is 12.5. The number of methoxy groups -OCH3 is 1. The van der Waals surface area contributed by atoms with Crippen LogP contribution in [0.1, 0.15) is 5.56 Å². The van der Waals surface area contributed by atoms with Crippen molar-refractivity contribution in [3.05, 3.63) is 42.1 Å². The predicted octanol–water partition coefficient (Wildman–Crippen LogP) is 1.12. The summed E-state index contributed by atoms with van der Waals surface area (Å²) in [5, 5.41) is 3.93. The van der Waals surface area contributed by atoms with Crippen molar-refractivity contribution in [2.24, 2.45) is 5.73 Å². The van der Waals surface area contributed by atoms with Crippen molar-refractivity contribution in [1.29, 1.82) is 0 Å². The van der Waals surface area contributed by atoms with Gasteiger partial charge in [0.05, 0.1) is 6.61 Å². The van der Waals surface area contributed by atoms with Gasteiger partial charge in [0.25, 0.3) is 5.89 Å². The van der Waals surface area contributed by atoms with Crippen LogP contribution in [-0.2, 0) is 21.3 Å². The monoisotopic (exact) mass is 377 g/mol. The van der Waals surface area contributed by atoms with E-state index < -0.39 is 10.0 Å². The molecule has 0 radical (unpaired) electrons. The number of aromatic nitrogens is 3. The van der Waals surface area contributed by atoms with Crippen LogP contribution in [0.5, 0.6) is 0 Å². The summed E-state index contributed by atoms with van der Waals surface area (Å²) in [5.41, 5.74) is 7.76. The summed E-state index contributed by atoms with van der Waals surface area (Å²) < 4.78 is 36.8. The molecule has 0 spiro atoms. The Morgan fingerprint density at radius 1 is 1.31 bits per heavy atom. The van der Waals surface area contributed by atoms with Crippen LogP contribution < -0.4 is 10.5 Å². The zero-order valence-corrected chi connectivity index (χ0v) is 14.9. The van der Waals surface area contributed by atoms with Gasteiger partial charge in [-0.3, -0.25) is 0 Å². The summed E-state index contributed by atoms with van der Waals surface area (Å²) in [5.74, 6) is 0.599. The van der Waals surface area contributed by atoms with Gasteiger partial charge in [-0.2, -0.15) is 4.98 Å². The Labute approximate surface area is 150 Å². The third-order valence-corrected chi connectivity index (χ3v) is 5.11. The molecule has 0 bridgehead atoms. The second-order valence-corrected chi connectivity index (χ2v) is 7.23. The first kappa shape index (κ1) is 18.3. The summed E-state index contributed by atoms with van der Waals surface area (Å²) in [7, 11) is -2.14. The number of H-pyrrole nitrogens is 1. The lowest BCUT2D eigenvalue weighted by atomic mass is 10.1. The standard InChI is InChI=1S/C16H19N5O4S/c1-24-7-6-19-26(22,23)13-8-14(18-10-13)16-20-15(21-25-16)12-4-2-11(9-17)3-5-12/h2-5,8,10,18-19H,6-7,9,17H2,1H3. The van der Waals surface area contributed by atoms with Gasteiger partial charge in [-0.25, -0.2) is 13.1 Å². The zero-order chi connectivity index (χ0) is 18.6. The van der Waals surface area contributed by atoms with Gasteiger partial charge in [0, 0.05) is 32.0 Å². The van der Waals surface area contributed by atoms with Crippen molar-refractivity contribution in [2.75, 3.05) is 20.3 Å². The quantitative estimate of drug-likeness (QED) is 0.500. The Morgan fingerprint density at radius 3 is 2.77 bits per heavy atom. The highest BCUT2D eigenvalue weighted by Gasteiger charge is 2.19. The molecule has 0 aliphatic rings. The Hall–Kier alpha value is -2.53. The number of benzene rings is 1. The van der Waals surface area contributed by atoms with E-state index in [-0.39, 0.29) is 23.9 Å². The lowest BCUT2D eigenvalue weighted by molar-refractivity contribution is 0.204. The van der Waals surface area contributed by atoms with Gasteiger partial charge in [-0.05, 0) is 11.6 Å². The topological polar surface area (TPSA) is 136 Å². The van der Waals surface area contributed by atoms with Crippen LogP contribution in [0.25, 0.3) is 23.0 Å². The number of ether oxygens (including phenoxy) is 1. The van der Waals surface area contributed by atoms with Crippen LogP contribution in [-0.4, -0.2) is 43.8 Å². The van der Waals surface area contributed by atoms with E-state index in [1.807, 2.05) is 24.3 Å². The van der Waals surface area contributed by atoms with Gasteiger partial charge in [0.2, 0.25) is 15.8 Å². The molecular formula is C16H19N5O4S. The first-order valence-corrected chi connectivity index (χ1v) is 9.32. The van der Waals surface area contributed by atoms with E-state index in [0.717, 1.165) is 11.1 Å². The average Bonchev–Trinajstić information content (AvgIpc) is 3.31. The Morgan fingerprint density at radius 2 is 2.08 bits per heavy atom. The summed E-state index contributed by atoms with van der Waals surface area (Å²) >= 11 is 0. The molecule has 3 rings (SSSR count). The summed E-state index contributed by atoms with van der Waals surface area (Å²) in [6, 6.07) is 8.90. The number of nitrogens with one attached hydrogen (secondary N) is 2. The SMILES string of the molecule is COCCNS(=O)(=O)c1c[nH]c(-c2nc(-c3ccc(CN)cc3)no2)c1. The average molecular weight is 377 g/mol. The number of hydrogen-bond donors (Lipinski definition) is 3. The molecule has 0 aliphatic heterocycles. The lowest BCUT2D eigenvalue weighted by Gasteiger charge is -2.03. The molecule has 0 aliphatic carbocycles. The van der Waals surface area contributed by atoms with Crippen LogP contribution in [0.2, 0.25) is 0 Å². The summed E-state index contributed by atoms with van der Waals surface area (Å²) in [6.07, 6.45) is 1.37. The van der Waals surface area contributed by atoms with Crippen molar-refractivity contribution in [3.63, 3.8) is 0 Å². The largest absolute Gasteiger partial charge is 0.383 e. The van der Waals surface area contributed by atoms with Crippen LogP contribution in [0.3, 0.4) is 0 Å². The molecule has 0 unspecified atom stereocenters. The van der Waals surface area contributed by atoms with Gasteiger partial charge >= 0.3 is 0 Å². The van der Waals surface area contributed by atoms with E-state index in [9.17, 15) is 8.42 Å². The van der Waals surface area contributed by atoms with Crippen LogP contribution in [0.15, 0.2) is 45.9 Å². The molecule has 3 aromatic rings. The highest BCUT2D eigenvalue weighted by Crippen LogP contribution is 2.23. The first-order valence-electron chi connectivity index (χ1n) is 7.84. The van der Waals surface area contributed by atoms with E-state index in [1.54, 1.807) is 0 Å². The molecule has 0 amide bonds. The van der Waals surface area contributed by atoms with Gasteiger partial charge in [-0.15, -0.1) is 0 Å². The Balaban J connectivity index is 1.78. The molecule has 10 heteroatoms. The molecule has 9 nitrogen and oxygen atoms in total. The highest BCUT2D eigenvalue weighted by molar-refractivity contribution is 7.89. The van der Waals surface area contributed by atoms with Crippen molar-refractivity contribution in [3.8, 4) is 23.0 Å². The minimum absolute atomic E-state index is 0.0793. The smallest absolute Gasteiger partial charge is 0.274 e. The van der Waals surface area contributed by atoms with E-state index in [1.165, 1.54) is 19.4 Å². The minimum Gasteiger partial charge on any atom is -0.383 e. The fourth-order valence-electron chi connectivity index (χ4n) is 2.25. The summed E-state index contributed by atoms with van der Waals surface area (Å²) in [6.45, 7) is 0.922. The molecule has 26 heavy (non-hydrogen) atoms. The van der Waals surface area contributed by atoms with Gasteiger partial charge in [0.1, 0.15) is 10.6 Å². The van der Waals surface area contributed by atoms with E-state index in [2.05, 4.69) is 19.8 Å². The Bertz CT molecular complexity index is 963. The van der Waals surface area contributed by atoms with E-state index in [4.69, 9.17) is 15.0 Å². The van der Waals surface area contributed by atoms with E-state index in [0.29, 0.717) is 18.1 Å². The molecule has 4 N–H and O–H groups in total. The molecule has 0 saturated carbocycles. The molecule has 0 atom stereocenters. The molecule has 2 aromatic heterocycles. The number of rotatable bonds is 8. The number of hydrogen-bond acceptors (Lipinski definition) is 7. The summed E-state index contributed by atoms with van der Waals surface area (Å²) in [4.78, 5) is 7.22. The normalized spacial score (nSPS) is 11.8. The van der Waals surface area contributed by atoms with Crippen LogP contribution in [0.4, 0.5) is 0 Å². The predicted molar refractivity (Wildman–Crippen MR) is 94.5 cm³/mol. The number of sulfonamides is 1. The maximum Gasteiger partial charge on any atom is 0.274 e. The fourth-order valence-corrected chi connectivity index (χ4v) is 3.26. The molecule has 138 valence electrons. The van der Waals surface area contributed by atoms with E-state index >= 15 is 0 Å². The third kappa shape index (κ3) is 3.99. The molecular weight excluding hydrogens is 358 g/mol. The van der Waals surface area contributed by atoms with Crippen molar-refractivity contribution >= 4 is 10.0 Å². The fraction of sp³-hybridized carbons (Fsp3) is 0.250. The molecule has 1 aromatic carbocycles. The third-order valence-electron chi connectivity index (χ3n) is 3.67. The lowest BCUT2D eigenvalue weighted by Crippen LogP contribution is -2.26. The highest BCUT2D eigenvalue weighted by atomic mass is 32.2. The van der Waals surface area contributed by atoms with Crippen molar-refractivity contribution < 1.29 is 17.7 Å². The number of nitrogens with zero attached hydrogens (tertiary/aromatic N) is 2. The maximum absolute atomic E-state index is 12.2. The van der Waals surface area contributed by atoms with Crippen molar-refractivity contribution in [1.82, 2.24) is 19.8 Å². The molecule has 2 heterocycles. The second-order valence-electron chi connectivity index (χ2n) is 5.46. The second kappa shape index (κ2) is 7.79. The minimum atomic E-state index is -3.64. The Kier molecular flexibility index (Phi) is 5.47. The number of aromatic amines is 1. The van der Waals surface area contributed by atoms with Crippen LogP contribution >= 0.6 is 0 Å². The van der Waals surface area contributed by atoms with Gasteiger partial charge in [-0.1, -0.05) is 29.4 Å². The van der Waals surface area contributed by atoms with Crippen molar-refractivity contribution in [2.45, 2.75) is 11.4 Å². The molecule has 0 fully saturated rings. The van der Waals surface area contributed by atoms with Gasteiger partial charge in [0.15, 0.2) is 0 Å². The molecule has 0 saturated heterocycles. The number of nitrogens with two attached hydrogens (primary N) is 1. The maximum atomic E-state index is 12.2.